The second-order valence-corrected chi connectivity index (χ2v) is 7.94. The van der Waals surface area contributed by atoms with Gasteiger partial charge in [0.1, 0.15) is 11.6 Å². The highest BCUT2D eigenvalue weighted by Crippen LogP contribution is 2.23. The Labute approximate surface area is 176 Å². The highest BCUT2D eigenvalue weighted by atomic mass is 35.5. The van der Waals surface area contributed by atoms with E-state index in [1.54, 1.807) is 19.2 Å². The van der Waals surface area contributed by atoms with Crippen LogP contribution in [0.3, 0.4) is 0 Å². The first kappa shape index (κ1) is 21.6. The predicted molar refractivity (Wildman–Crippen MR) is 114 cm³/mol. The summed E-state index contributed by atoms with van der Waals surface area (Å²) < 4.78 is 19.3. The lowest BCUT2D eigenvalue weighted by Crippen LogP contribution is -2.52. The molecule has 1 unspecified atom stereocenters. The van der Waals surface area contributed by atoms with Gasteiger partial charge in [0.15, 0.2) is 5.96 Å². The van der Waals surface area contributed by atoms with E-state index in [1.807, 2.05) is 13.8 Å². The van der Waals surface area contributed by atoms with Crippen LogP contribution in [0.25, 0.3) is 0 Å². The fraction of sp³-hybridized carbons (Fsp3) is 0.524. The van der Waals surface area contributed by atoms with Crippen molar-refractivity contribution in [3.05, 3.63) is 51.6 Å². The summed E-state index contributed by atoms with van der Waals surface area (Å²) in [5.74, 6) is 1.77. The van der Waals surface area contributed by atoms with Gasteiger partial charge in [-0.05, 0) is 26.0 Å². The molecule has 8 heteroatoms. The fourth-order valence-electron chi connectivity index (χ4n) is 3.90. The number of hydrogen-bond acceptors (Lipinski definition) is 4. The number of aliphatic imine (C=N–C) groups is 1. The van der Waals surface area contributed by atoms with E-state index in [0.29, 0.717) is 17.1 Å². The van der Waals surface area contributed by atoms with Crippen molar-refractivity contribution in [1.82, 2.24) is 20.3 Å². The van der Waals surface area contributed by atoms with E-state index in [2.05, 4.69) is 32.2 Å². The number of hydrogen-bond donors (Lipinski definition) is 1. The number of piperazine rings is 1. The number of aryl methyl sites for hydroxylation is 2. The van der Waals surface area contributed by atoms with Crippen LogP contribution in [0.15, 0.2) is 27.7 Å². The van der Waals surface area contributed by atoms with E-state index in [0.717, 1.165) is 55.7 Å². The molecule has 0 amide bonds. The standard InChI is InChI=1S/C21H29ClFN5O/c1-14(20-15(2)26-29-16(20)3)12-25-21(24-4)28-10-8-27(9-11-28)13-17-18(22)6-5-7-19(17)23/h5-7,14H,8-13H2,1-4H3,(H,24,25). The van der Waals surface area contributed by atoms with Crippen LogP contribution < -0.4 is 5.32 Å². The van der Waals surface area contributed by atoms with Gasteiger partial charge in [-0.15, -0.1) is 0 Å². The molecular formula is C21H29ClFN5O. The molecule has 6 nitrogen and oxygen atoms in total. The molecule has 0 bridgehead atoms. The Balaban J connectivity index is 1.52. The Morgan fingerprint density at radius 2 is 2.03 bits per heavy atom. The van der Waals surface area contributed by atoms with Gasteiger partial charge >= 0.3 is 0 Å². The Morgan fingerprint density at radius 1 is 1.31 bits per heavy atom. The summed E-state index contributed by atoms with van der Waals surface area (Å²) in [6.07, 6.45) is 0. The molecule has 1 aromatic carbocycles. The van der Waals surface area contributed by atoms with Crippen molar-refractivity contribution in [3.63, 3.8) is 0 Å². The van der Waals surface area contributed by atoms with Crippen LogP contribution in [0.4, 0.5) is 4.39 Å². The molecule has 0 radical (unpaired) electrons. The van der Waals surface area contributed by atoms with Gasteiger partial charge in [-0.1, -0.05) is 29.7 Å². The molecule has 1 aromatic heterocycles. The van der Waals surface area contributed by atoms with Crippen molar-refractivity contribution in [3.8, 4) is 0 Å². The van der Waals surface area contributed by atoms with E-state index in [9.17, 15) is 4.39 Å². The molecule has 0 spiro atoms. The quantitative estimate of drug-likeness (QED) is 0.590. The van der Waals surface area contributed by atoms with Crippen molar-refractivity contribution in [2.45, 2.75) is 33.2 Å². The molecule has 0 saturated carbocycles. The molecule has 158 valence electrons. The SMILES string of the molecule is CN=C(NCC(C)c1c(C)noc1C)N1CCN(Cc2c(F)cccc2Cl)CC1. The molecule has 29 heavy (non-hydrogen) atoms. The summed E-state index contributed by atoms with van der Waals surface area (Å²) in [6, 6.07) is 4.84. The second-order valence-electron chi connectivity index (χ2n) is 7.53. The third-order valence-electron chi connectivity index (χ3n) is 5.47. The lowest BCUT2D eigenvalue weighted by atomic mass is 10.00. The number of nitrogens with one attached hydrogen (secondary N) is 1. The minimum atomic E-state index is -0.245. The van der Waals surface area contributed by atoms with Crippen LogP contribution in [0.5, 0.6) is 0 Å². The lowest BCUT2D eigenvalue weighted by Gasteiger charge is -2.37. The first-order valence-corrected chi connectivity index (χ1v) is 10.3. The molecule has 1 fully saturated rings. The first-order chi connectivity index (χ1) is 13.9. The molecule has 1 N–H and O–H groups in total. The monoisotopic (exact) mass is 421 g/mol. The van der Waals surface area contributed by atoms with E-state index in [1.165, 1.54) is 6.07 Å². The highest BCUT2D eigenvalue weighted by molar-refractivity contribution is 6.31. The number of nitrogens with zero attached hydrogens (tertiary/aromatic N) is 4. The molecule has 1 atom stereocenters. The van der Waals surface area contributed by atoms with Gasteiger partial charge < -0.3 is 14.7 Å². The largest absolute Gasteiger partial charge is 0.361 e. The van der Waals surface area contributed by atoms with E-state index in [4.69, 9.17) is 16.1 Å². The molecule has 3 rings (SSSR count). The molecule has 2 aromatic rings. The fourth-order valence-corrected chi connectivity index (χ4v) is 4.12. The number of halogens is 2. The average Bonchev–Trinajstić information content (AvgIpc) is 3.04. The molecule has 1 aliphatic heterocycles. The maximum Gasteiger partial charge on any atom is 0.193 e. The topological polar surface area (TPSA) is 56.9 Å². The van der Waals surface area contributed by atoms with Crippen LogP contribution in [-0.4, -0.2) is 60.7 Å². The van der Waals surface area contributed by atoms with E-state index < -0.39 is 0 Å². The van der Waals surface area contributed by atoms with Gasteiger partial charge in [-0.2, -0.15) is 0 Å². The van der Waals surface area contributed by atoms with Gasteiger partial charge in [0.2, 0.25) is 0 Å². The van der Waals surface area contributed by atoms with Gasteiger partial charge in [-0.3, -0.25) is 9.89 Å². The Kier molecular flexibility index (Phi) is 7.14. The average molecular weight is 422 g/mol. The molecular weight excluding hydrogens is 393 g/mol. The van der Waals surface area contributed by atoms with Crippen molar-refractivity contribution < 1.29 is 8.91 Å². The Bertz CT molecular complexity index is 821. The van der Waals surface area contributed by atoms with Crippen LogP contribution >= 0.6 is 11.6 Å². The summed E-state index contributed by atoms with van der Waals surface area (Å²) in [5, 5.41) is 8.00. The number of aromatic nitrogens is 1. The zero-order chi connectivity index (χ0) is 21.0. The zero-order valence-corrected chi connectivity index (χ0v) is 18.3. The molecule has 2 heterocycles. The summed E-state index contributed by atoms with van der Waals surface area (Å²) in [6.45, 7) is 10.6. The third kappa shape index (κ3) is 5.08. The minimum absolute atomic E-state index is 0.245. The first-order valence-electron chi connectivity index (χ1n) is 9.94. The van der Waals surface area contributed by atoms with Crippen molar-refractivity contribution in [2.75, 3.05) is 39.8 Å². The van der Waals surface area contributed by atoms with Gasteiger partial charge in [0.05, 0.1) is 5.69 Å². The Morgan fingerprint density at radius 3 is 2.62 bits per heavy atom. The van der Waals surface area contributed by atoms with E-state index in [-0.39, 0.29) is 11.7 Å². The number of rotatable bonds is 5. The third-order valence-corrected chi connectivity index (χ3v) is 5.83. The minimum Gasteiger partial charge on any atom is -0.361 e. The van der Waals surface area contributed by atoms with Crippen molar-refractivity contribution in [2.24, 2.45) is 4.99 Å². The van der Waals surface area contributed by atoms with Crippen LogP contribution in [0.2, 0.25) is 5.02 Å². The van der Waals surface area contributed by atoms with Crippen LogP contribution in [0.1, 0.15) is 35.4 Å². The summed E-state index contributed by atoms with van der Waals surface area (Å²) in [4.78, 5) is 8.90. The summed E-state index contributed by atoms with van der Waals surface area (Å²) in [7, 11) is 1.80. The van der Waals surface area contributed by atoms with Crippen LogP contribution in [-0.2, 0) is 6.54 Å². The van der Waals surface area contributed by atoms with Gasteiger partial charge in [-0.25, -0.2) is 4.39 Å². The van der Waals surface area contributed by atoms with Crippen molar-refractivity contribution >= 4 is 17.6 Å². The smallest absolute Gasteiger partial charge is 0.193 e. The highest BCUT2D eigenvalue weighted by Gasteiger charge is 2.22. The number of benzene rings is 1. The molecule has 1 saturated heterocycles. The molecule has 0 aliphatic carbocycles. The maximum atomic E-state index is 14.1. The maximum absolute atomic E-state index is 14.1. The number of guanidine groups is 1. The van der Waals surface area contributed by atoms with E-state index >= 15 is 0 Å². The summed E-state index contributed by atoms with van der Waals surface area (Å²) >= 11 is 6.17. The van der Waals surface area contributed by atoms with Gasteiger partial charge in [0.25, 0.3) is 0 Å². The van der Waals surface area contributed by atoms with Crippen LogP contribution in [0, 0.1) is 19.7 Å². The summed E-state index contributed by atoms with van der Waals surface area (Å²) in [5.41, 5.74) is 2.66. The lowest BCUT2D eigenvalue weighted by molar-refractivity contribution is 0.171. The Hall–Kier alpha value is -2.12. The second kappa shape index (κ2) is 9.59. The zero-order valence-electron chi connectivity index (χ0n) is 17.5. The van der Waals surface area contributed by atoms with Crippen molar-refractivity contribution in [1.29, 1.82) is 0 Å². The van der Waals surface area contributed by atoms with Gasteiger partial charge in [0, 0.05) is 68.4 Å². The normalized spacial score (nSPS) is 16.9. The molecule has 1 aliphatic rings. The predicted octanol–water partition coefficient (Wildman–Crippen LogP) is 3.58.